The summed E-state index contributed by atoms with van der Waals surface area (Å²) in [5, 5.41) is 12.0. The minimum absolute atomic E-state index is 0.248. The van der Waals surface area contributed by atoms with Crippen LogP contribution in [0.4, 0.5) is 11.6 Å². The molecule has 0 aliphatic heterocycles. The highest BCUT2D eigenvalue weighted by Gasteiger charge is 2.37. The maximum atomic E-state index is 12.3. The first-order chi connectivity index (χ1) is 13.4. The van der Waals surface area contributed by atoms with E-state index in [9.17, 15) is 4.79 Å². The van der Waals surface area contributed by atoms with Crippen LogP contribution in [0.2, 0.25) is 0 Å². The van der Waals surface area contributed by atoms with Crippen molar-refractivity contribution in [3.8, 4) is 11.3 Å². The Labute approximate surface area is 161 Å². The van der Waals surface area contributed by atoms with Crippen molar-refractivity contribution in [2.75, 3.05) is 5.32 Å². The minimum atomic E-state index is -0.417. The number of rotatable bonds is 3. The standard InChI is InChI=1S/C20H19N7O/c1-20(2)15-5-4-14(6-12(15)7-17(20)28)23-19-24-18-10-21-9-16(27(18)25-19)13-8-22-26(3)11-13/h4-6,8-11H,7H2,1-3H3,(H,23,25). The van der Waals surface area contributed by atoms with E-state index in [1.165, 1.54) is 0 Å². The molecule has 0 spiro atoms. The third kappa shape index (κ3) is 2.49. The summed E-state index contributed by atoms with van der Waals surface area (Å²) in [4.78, 5) is 21.0. The lowest BCUT2D eigenvalue weighted by Crippen LogP contribution is -2.23. The van der Waals surface area contributed by atoms with Crippen molar-refractivity contribution in [1.29, 1.82) is 0 Å². The lowest BCUT2D eigenvalue weighted by Gasteiger charge is -2.17. The highest BCUT2D eigenvalue weighted by molar-refractivity contribution is 5.96. The van der Waals surface area contributed by atoms with Crippen LogP contribution in [0.1, 0.15) is 25.0 Å². The second kappa shape index (κ2) is 5.72. The number of aromatic nitrogens is 6. The van der Waals surface area contributed by atoms with Crippen LogP contribution < -0.4 is 5.32 Å². The van der Waals surface area contributed by atoms with E-state index in [2.05, 4.69) is 25.5 Å². The number of anilines is 2. The normalized spacial score (nSPS) is 15.2. The predicted molar refractivity (Wildman–Crippen MR) is 104 cm³/mol. The first-order valence-electron chi connectivity index (χ1n) is 9.05. The fourth-order valence-corrected chi connectivity index (χ4v) is 3.72. The van der Waals surface area contributed by atoms with E-state index >= 15 is 0 Å². The zero-order valence-electron chi connectivity index (χ0n) is 15.8. The number of nitrogens with one attached hydrogen (secondary N) is 1. The molecule has 28 heavy (non-hydrogen) atoms. The fraction of sp³-hybridized carbons (Fsp3) is 0.250. The quantitative estimate of drug-likeness (QED) is 0.594. The number of nitrogens with zero attached hydrogens (tertiary/aromatic N) is 6. The molecule has 8 heteroatoms. The van der Waals surface area contributed by atoms with Gasteiger partial charge in [0.1, 0.15) is 5.78 Å². The van der Waals surface area contributed by atoms with Crippen molar-refractivity contribution in [3.05, 3.63) is 54.1 Å². The number of fused-ring (bicyclic) bond motifs is 2. The molecular formula is C20H19N7O. The van der Waals surface area contributed by atoms with E-state index in [4.69, 9.17) is 0 Å². The van der Waals surface area contributed by atoms with Gasteiger partial charge in [0, 0.05) is 36.3 Å². The van der Waals surface area contributed by atoms with Crippen molar-refractivity contribution >= 4 is 23.1 Å². The van der Waals surface area contributed by atoms with Crippen LogP contribution in [0.3, 0.4) is 0 Å². The van der Waals surface area contributed by atoms with Crippen LogP contribution in [0, 0.1) is 0 Å². The van der Waals surface area contributed by atoms with Crippen LogP contribution in [-0.2, 0) is 23.7 Å². The zero-order valence-corrected chi connectivity index (χ0v) is 15.8. The fourth-order valence-electron chi connectivity index (χ4n) is 3.72. The molecule has 0 amide bonds. The Hall–Kier alpha value is -3.55. The molecule has 8 nitrogen and oxygen atoms in total. The van der Waals surface area contributed by atoms with Crippen LogP contribution >= 0.6 is 0 Å². The molecule has 0 saturated carbocycles. The summed E-state index contributed by atoms with van der Waals surface area (Å²) >= 11 is 0. The van der Waals surface area contributed by atoms with Crippen molar-refractivity contribution in [2.45, 2.75) is 25.7 Å². The van der Waals surface area contributed by atoms with E-state index in [-0.39, 0.29) is 5.78 Å². The molecule has 0 bridgehead atoms. The maximum Gasteiger partial charge on any atom is 0.247 e. The number of carbonyl (C=O) groups is 1. The third-order valence-corrected chi connectivity index (χ3v) is 5.33. The maximum absolute atomic E-state index is 12.3. The van der Waals surface area contributed by atoms with Gasteiger partial charge in [0.05, 0.1) is 24.3 Å². The van der Waals surface area contributed by atoms with Gasteiger partial charge in [-0.15, -0.1) is 5.10 Å². The molecule has 3 heterocycles. The summed E-state index contributed by atoms with van der Waals surface area (Å²) < 4.78 is 3.48. The first-order valence-corrected chi connectivity index (χ1v) is 9.05. The van der Waals surface area contributed by atoms with Gasteiger partial charge in [0.15, 0.2) is 5.65 Å². The molecule has 5 rings (SSSR count). The van der Waals surface area contributed by atoms with Gasteiger partial charge in [-0.2, -0.15) is 10.1 Å². The number of hydrogen-bond donors (Lipinski definition) is 1. The number of aryl methyl sites for hydroxylation is 1. The highest BCUT2D eigenvalue weighted by atomic mass is 16.1. The Morgan fingerprint density at radius 1 is 1.18 bits per heavy atom. The molecule has 1 aliphatic carbocycles. The SMILES string of the molecule is Cn1cc(-c2cncc3nc(Nc4ccc5c(c4)CC(=O)C5(C)C)nn23)cn1. The van der Waals surface area contributed by atoms with E-state index < -0.39 is 5.41 Å². The number of carbonyl (C=O) groups excluding carboxylic acids is 1. The molecule has 0 saturated heterocycles. The summed E-state index contributed by atoms with van der Waals surface area (Å²) in [6.07, 6.45) is 7.55. The second-order valence-corrected chi connectivity index (χ2v) is 7.62. The molecule has 140 valence electrons. The Bertz CT molecular complexity index is 1230. The Morgan fingerprint density at radius 2 is 2.04 bits per heavy atom. The molecule has 0 radical (unpaired) electrons. The molecule has 4 aromatic rings. The van der Waals surface area contributed by atoms with E-state index in [1.54, 1.807) is 27.8 Å². The van der Waals surface area contributed by atoms with Gasteiger partial charge in [-0.1, -0.05) is 6.07 Å². The lowest BCUT2D eigenvalue weighted by molar-refractivity contribution is -0.121. The van der Waals surface area contributed by atoms with Gasteiger partial charge in [-0.3, -0.25) is 14.5 Å². The smallest absolute Gasteiger partial charge is 0.247 e. The van der Waals surface area contributed by atoms with Gasteiger partial charge in [-0.05, 0) is 37.1 Å². The van der Waals surface area contributed by atoms with Crippen molar-refractivity contribution in [2.24, 2.45) is 7.05 Å². The van der Waals surface area contributed by atoms with Crippen LogP contribution in [0.15, 0.2) is 43.0 Å². The Balaban J connectivity index is 1.50. The second-order valence-electron chi connectivity index (χ2n) is 7.62. The molecule has 3 aromatic heterocycles. The summed E-state index contributed by atoms with van der Waals surface area (Å²) in [6, 6.07) is 5.99. The molecular weight excluding hydrogens is 354 g/mol. The third-order valence-electron chi connectivity index (χ3n) is 5.33. The Kier molecular flexibility index (Phi) is 3.39. The summed E-state index contributed by atoms with van der Waals surface area (Å²) in [6.45, 7) is 3.95. The first kappa shape index (κ1) is 16.6. The molecule has 1 N–H and O–H groups in total. The topological polar surface area (TPSA) is 90.0 Å². The van der Waals surface area contributed by atoms with Gasteiger partial charge in [0.2, 0.25) is 5.95 Å². The number of benzene rings is 1. The summed E-state index contributed by atoms with van der Waals surface area (Å²) in [5.41, 5.74) is 4.95. The molecule has 0 unspecified atom stereocenters. The van der Waals surface area contributed by atoms with Gasteiger partial charge in [-0.25, -0.2) is 4.52 Å². The number of Topliss-reactive ketones (excluding diaryl/α,β-unsaturated/α-hetero) is 1. The summed E-state index contributed by atoms with van der Waals surface area (Å²) in [5.74, 6) is 0.722. The van der Waals surface area contributed by atoms with Gasteiger partial charge < -0.3 is 5.32 Å². The molecule has 1 aliphatic rings. The highest BCUT2D eigenvalue weighted by Crippen LogP contribution is 2.37. The van der Waals surface area contributed by atoms with Crippen molar-refractivity contribution in [1.82, 2.24) is 29.4 Å². The largest absolute Gasteiger partial charge is 0.323 e. The average Bonchev–Trinajstić information content (AvgIpc) is 3.31. The van der Waals surface area contributed by atoms with Crippen LogP contribution in [0.5, 0.6) is 0 Å². The molecule has 1 aromatic carbocycles. The van der Waals surface area contributed by atoms with Gasteiger partial charge >= 0.3 is 0 Å². The van der Waals surface area contributed by atoms with Crippen LogP contribution in [0.25, 0.3) is 16.9 Å². The molecule has 0 atom stereocenters. The van der Waals surface area contributed by atoms with Crippen molar-refractivity contribution < 1.29 is 4.79 Å². The van der Waals surface area contributed by atoms with E-state index in [0.717, 1.165) is 28.1 Å². The Morgan fingerprint density at radius 3 is 2.82 bits per heavy atom. The van der Waals surface area contributed by atoms with Crippen molar-refractivity contribution in [3.63, 3.8) is 0 Å². The van der Waals surface area contributed by atoms with Gasteiger partial charge in [0.25, 0.3) is 0 Å². The molecule has 0 fully saturated rings. The summed E-state index contributed by atoms with van der Waals surface area (Å²) in [7, 11) is 1.87. The minimum Gasteiger partial charge on any atom is -0.323 e. The predicted octanol–water partition coefficient (Wildman–Crippen LogP) is 2.67. The monoisotopic (exact) mass is 373 g/mol. The zero-order chi connectivity index (χ0) is 19.5. The van der Waals surface area contributed by atoms with E-state index in [1.807, 2.05) is 45.3 Å². The average molecular weight is 373 g/mol. The van der Waals surface area contributed by atoms with E-state index in [0.29, 0.717) is 18.0 Å². The number of ketones is 1. The lowest BCUT2D eigenvalue weighted by atomic mass is 9.86. The van der Waals surface area contributed by atoms with Crippen LogP contribution in [-0.4, -0.2) is 35.1 Å². The number of hydrogen-bond acceptors (Lipinski definition) is 6.